The van der Waals surface area contributed by atoms with E-state index in [9.17, 15) is 0 Å². The average molecular weight is 229 g/mol. The van der Waals surface area contributed by atoms with Crippen molar-refractivity contribution in [3.05, 3.63) is 47.2 Å². The second-order valence-electron chi connectivity index (χ2n) is 4.80. The van der Waals surface area contributed by atoms with E-state index in [1.54, 1.807) is 0 Å². The maximum absolute atomic E-state index is 5.97. The molecule has 1 aromatic heterocycles. The van der Waals surface area contributed by atoms with Crippen LogP contribution in [0.15, 0.2) is 30.3 Å². The summed E-state index contributed by atoms with van der Waals surface area (Å²) in [6.07, 6.45) is 0. The summed E-state index contributed by atoms with van der Waals surface area (Å²) < 4.78 is 1.87. The van der Waals surface area contributed by atoms with Crippen LogP contribution in [-0.2, 0) is 6.54 Å². The summed E-state index contributed by atoms with van der Waals surface area (Å²) in [5, 5.41) is 4.53. The molecule has 0 saturated heterocycles. The van der Waals surface area contributed by atoms with Gasteiger partial charge in [0.2, 0.25) is 0 Å². The molecule has 0 fully saturated rings. The number of nitrogens with two attached hydrogens (primary N) is 1. The van der Waals surface area contributed by atoms with Crippen LogP contribution in [0.5, 0.6) is 0 Å². The smallest absolute Gasteiger partial charge is 0.122 e. The Labute approximate surface area is 102 Å². The molecular weight excluding hydrogens is 210 g/mol. The Kier molecular flexibility index (Phi) is 3.18. The van der Waals surface area contributed by atoms with Crippen LogP contribution in [0.1, 0.15) is 36.6 Å². The van der Waals surface area contributed by atoms with Crippen molar-refractivity contribution in [2.75, 3.05) is 5.73 Å². The monoisotopic (exact) mass is 229 g/mol. The van der Waals surface area contributed by atoms with Gasteiger partial charge in [-0.05, 0) is 18.4 Å². The van der Waals surface area contributed by atoms with E-state index in [1.807, 2.05) is 10.7 Å². The normalized spacial score (nSPS) is 11.1. The molecule has 2 rings (SSSR count). The molecule has 2 aromatic rings. The summed E-state index contributed by atoms with van der Waals surface area (Å²) in [6, 6.07) is 10.4. The molecule has 0 radical (unpaired) electrons. The van der Waals surface area contributed by atoms with Crippen molar-refractivity contribution in [1.82, 2.24) is 9.78 Å². The number of nitrogens with zero attached hydrogens (tertiary/aromatic N) is 2. The zero-order valence-electron chi connectivity index (χ0n) is 10.6. The number of benzene rings is 1. The van der Waals surface area contributed by atoms with E-state index in [4.69, 9.17) is 5.73 Å². The van der Waals surface area contributed by atoms with Gasteiger partial charge in [0.1, 0.15) is 5.82 Å². The summed E-state index contributed by atoms with van der Waals surface area (Å²) in [6.45, 7) is 7.08. The lowest BCUT2D eigenvalue weighted by atomic mass is 10.1. The Morgan fingerprint density at radius 3 is 2.65 bits per heavy atom. The fourth-order valence-electron chi connectivity index (χ4n) is 1.84. The van der Waals surface area contributed by atoms with Crippen LogP contribution in [0.3, 0.4) is 0 Å². The summed E-state index contributed by atoms with van der Waals surface area (Å²) >= 11 is 0. The summed E-state index contributed by atoms with van der Waals surface area (Å²) in [5.74, 6) is 1.14. The second kappa shape index (κ2) is 4.62. The van der Waals surface area contributed by atoms with Gasteiger partial charge in [-0.15, -0.1) is 0 Å². The highest BCUT2D eigenvalue weighted by Crippen LogP contribution is 2.17. The number of hydrogen-bond donors (Lipinski definition) is 1. The summed E-state index contributed by atoms with van der Waals surface area (Å²) in [4.78, 5) is 0. The van der Waals surface area contributed by atoms with Crippen molar-refractivity contribution < 1.29 is 0 Å². The van der Waals surface area contributed by atoms with Gasteiger partial charge in [0.15, 0.2) is 0 Å². The van der Waals surface area contributed by atoms with Gasteiger partial charge in [0, 0.05) is 6.07 Å². The average Bonchev–Trinajstić information content (AvgIpc) is 2.61. The van der Waals surface area contributed by atoms with Crippen molar-refractivity contribution in [2.24, 2.45) is 0 Å². The van der Waals surface area contributed by atoms with Crippen LogP contribution in [0.4, 0.5) is 5.82 Å². The first-order valence-corrected chi connectivity index (χ1v) is 5.95. The first kappa shape index (κ1) is 11.7. The van der Waals surface area contributed by atoms with E-state index in [-0.39, 0.29) is 0 Å². The molecule has 2 N–H and O–H groups in total. The van der Waals surface area contributed by atoms with Crippen LogP contribution in [0.25, 0.3) is 0 Å². The molecule has 0 bridgehead atoms. The molecule has 0 saturated carbocycles. The Morgan fingerprint density at radius 2 is 2.06 bits per heavy atom. The van der Waals surface area contributed by atoms with Gasteiger partial charge < -0.3 is 5.73 Å². The first-order valence-electron chi connectivity index (χ1n) is 5.95. The zero-order valence-corrected chi connectivity index (χ0v) is 10.6. The number of rotatable bonds is 3. The Bertz CT molecular complexity index is 512. The molecule has 3 heteroatoms. The first-order chi connectivity index (χ1) is 8.06. The van der Waals surface area contributed by atoms with Gasteiger partial charge >= 0.3 is 0 Å². The number of aromatic nitrogens is 2. The van der Waals surface area contributed by atoms with Crippen LogP contribution in [0.2, 0.25) is 0 Å². The quantitative estimate of drug-likeness (QED) is 0.879. The summed E-state index contributed by atoms with van der Waals surface area (Å²) in [7, 11) is 0. The van der Waals surface area contributed by atoms with Gasteiger partial charge in [-0.25, -0.2) is 4.68 Å². The predicted octanol–water partition coefficient (Wildman–Crippen LogP) is 2.95. The maximum atomic E-state index is 5.97. The highest BCUT2D eigenvalue weighted by molar-refractivity contribution is 5.33. The molecular formula is C14H19N3. The van der Waals surface area contributed by atoms with Crippen molar-refractivity contribution in [3.63, 3.8) is 0 Å². The van der Waals surface area contributed by atoms with Gasteiger partial charge in [-0.3, -0.25) is 0 Å². The van der Waals surface area contributed by atoms with Gasteiger partial charge in [0.05, 0.1) is 12.2 Å². The summed E-state index contributed by atoms with van der Waals surface area (Å²) in [5.41, 5.74) is 9.51. The number of anilines is 1. The van der Waals surface area contributed by atoms with Gasteiger partial charge in [-0.2, -0.15) is 5.10 Å². The molecule has 0 atom stereocenters. The van der Waals surface area contributed by atoms with E-state index in [0.29, 0.717) is 5.92 Å². The SMILES string of the molecule is Cc1cccc(Cn2nc(C(C)C)cc2N)c1. The van der Waals surface area contributed by atoms with Crippen molar-refractivity contribution in [3.8, 4) is 0 Å². The van der Waals surface area contributed by atoms with Crippen LogP contribution in [-0.4, -0.2) is 9.78 Å². The zero-order chi connectivity index (χ0) is 12.4. The minimum Gasteiger partial charge on any atom is -0.384 e. The minimum absolute atomic E-state index is 0.413. The highest BCUT2D eigenvalue weighted by Gasteiger charge is 2.08. The molecule has 1 heterocycles. The Balaban J connectivity index is 2.24. The largest absolute Gasteiger partial charge is 0.384 e. The molecule has 0 aliphatic heterocycles. The Hall–Kier alpha value is -1.77. The minimum atomic E-state index is 0.413. The van der Waals surface area contributed by atoms with E-state index >= 15 is 0 Å². The van der Waals surface area contributed by atoms with Crippen molar-refractivity contribution in [2.45, 2.75) is 33.2 Å². The second-order valence-corrected chi connectivity index (χ2v) is 4.80. The van der Waals surface area contributed by atoms with E-state index < -0.39 is 0 Å². The third-order valence-electron chi connectivity index (χ3n) is 2.84. The number of nitrogen functional groups attached to an aromatic ring is 1. The molecule has 3 nitrogen and oxygen atoms in total. The lowest BCUT2D eigenvalue weighted by molar-refractivity contribution is 0.664. The molecule has 17 heavy (non-hydrogen) atoms. The molecule has 90 valence electrons. The molecule has 0 amide bonds. The van der Waals surface area contributed by atoms with Crippen molar-refractivity contribution >= 4 is 5.82 Å². The molecule has 1 aromatic carbocycles. The lowest BCUT2D eigenvalue weighted by Gasteiger charge is -2.05. The van der Waals surface area contributed by atoms with Gasteiger partial charge in [-0.1, -0.05) is 43.7 Å². The predicted molar refractivity (Wildman–Crippen MR) is 71.0 cm³/mol. The highest BCUT2D eigenvalue weighted by atomic mass is 15.3. The molecule has 0 spiro atoms. The topological polar surface area (TPSA) is 43.8 Å². The third-order valence-corrected chi connectivity index (χ3v) is 2.84. The lowest BCUT2D eigenvalue weighted by Crippen LogP contribution is -2.06. The fourth-order valence-corrected chi connectivity index (χ4v) is 1.84. The van der Waals surface area contributed by atoms with Crippen LogP contribution >= 0.6 is 0 Å². The van der Waals surface area contributed by atoms with Crippen molar-refractivity contribution in [1.29, 1.82) is 0 Å². The fraction of sp³-hybridized carbons (Fsp3) is 0.357. The molecule has 0 aliphatic rings. The molecule has 0 unspecified atom stereocenters. The van der Waals surface area contributed by atoms with Crippen LogP contribution in [0, 0.1) is 6.92 Å². The third kappa shape index (κ3) is 2.67. The Morgan fingerprint density at radius 1 is 1.29 bits per heavy atom. The maximum Gasteiger partial charge on any atom is 0.122 e. The van der Waals surface area contributed by atoms with E-state index in [2.05, 4.69) is 50.1 Å². The number of aryl methyl sites for hydroxylation is 1. The van der Waals surface area contributed by atoms with E-state index in [1.165, 1.54) is 11.1 Å². The molecule has 0 aliphatic carbocycles. The van der Waals surface area contributed by atoms with Crippen LogP contribution < -0.4 is 5.73 Å². The van der Waals surface area contributed by atoms with E-state index in [0.717, 1.165) is 18.1 Å². The van der Waals surface area contributed by atoms with Gasteiger partial charge in [0.25, 0.3) is 0 Å². The standard InChI is InChI=1S/C14H19N3/c1-10(2)13-8-14(15)17(16-13)9-12-6-4-5-11(3)7-12/h4-8,10H,9,15H2,1-3H3. The number of hydrogen-bond acceptors (Lipinski definition) is 2.